The Hall–Kier alpha value is -3.03. The fourth-order valence-electron chi connectivity index (χ4n) is 3.28. The first kappa shape index (κ1) is 16.4. The fourth-order valence-corrected chi connectivity index (χ4v) is 3.28. The normalized spacial score (nSPS) is 13.6. The fraction of sp³-hybridized carbons (Fsp3) is 0.333. The van der Waals surface area contributed by atoms with Gasteiger partial charge in [0.05, 0.1) is 5.69 Å². The van der Waals surface area contributed by atoms with Crippen molar-refractivity contribution in [2.24, 2.45) is 0 Å². The van der Waals surface area contributed by atoms with Gasteiger partial charge in [-0.25, -0.2) is 13.6 Å². The van der Waals surface area contributed by atoms with Crippen LogP contribution >= 0.6 is 0 Å². The number of hydrogen-bond donors (Lipinski definition) is 1. The van der Waals surface area contributed by atoms with Gasteiger partial charge in [0.1, 0.15) is 24.2 Å². The van der Waals surface area contributed by atoms with Crippen LogP contribution in [0.25, 0.3) is 5.52 Å². The molecule has 4 rings (SSSR count). The van der Waals surface area contributed by atoms with Gasteiger partial charge in [-0.1, -0.05) is 12.1 Å². The third-order valence-corrected chi connectivity index (χ3v) is 4.62. The summed E-state index contributed by atoms with van der Waals surface area (Å²) < 4.78 is 15.6. The maximum atomic E-state index is 12.9. The number of rotatable bonds is 4. The van der Waals surface area contributed by atoms with Crippen molar-refractivity contribution in [3.63, 3.8) is 0 Å². The zero-order valence-corrected chi connectivity index (χ0v) is 14.1. The van der Waals surface area contributed by atoms with Gasteiger partial charge in [-0.2, -0.15) is 10.2 Å². The Morgan fingerprint density at radius 2 is 1.96 bits per heavy atom. The van der Waals surface area contributed by atoms with Gasteiger partial charge in [-0.15, -0.1) is 0 Å². The summed E-state index contributed by atoms with van der Waals surface area (Å²) in [6.45, 7) is 0.0919. The van der Waals surface area contributed by atoms with Crippen LogP contribution in [0.3, 0.4) is 0 Å². The zero-order valence-electron chi connectivity index (χ0n) is 14.1. The molecule has 1 N–H and O–H groups in total. The van der Waals surface area contributed by atoms with Crippen molar-refractivity contribution in [2.75, 3.05) is 0 Å². The van der Waals surface area contributed by atoms with Gasteiger partial charge < -0.3 is 5.32 Å². The van der Waals surface area contributed by atoms with Gasteiger partial charge >= 0.3 is 0 Å². The van der Waals surface area contributed by atoms with Crippen LogP contribution in [0.5, 0.6) is 0 Å². The van der Waals surface area contributed by atoms with E-state index in [2.05, 4.69) is 15.5 Å². The molecule has 0 fully saturated rings. The van der Waals surface area contributed by atoms with Crippen molar-refractivity contribution in [2.45, 2.75) is 38.8 Å². The number of carbonyl (C=O) groups excluding carboxylic acids is 1. The Bertz CT molecular complexity index is 1020. The number of nitrogens with zero attached hydrogens (tertiary/aromatic N) is 4. The van der Waals surface area contributed by atoms with E-state index in [0.717, 1.165) is 47.2 Å². The van der Waals surface area contributed by atoms with Crippen LogP contribution in [-0.4, -0.2) is 25.3 Å². The third-order valence-electron chi connectivity index (χ3n) is 4.62. The van der Waals surface area contributed by atoms with E-state index in [4.69, 9.17) is 0 Å². The van der Waals surface area contributed by atoms with E-state index in [0.29, 0.717) is 5.52 Å². The van der Waals surface area contributed by atoms with E-state index < -0.39 is 0 Å². The monoisotopic (exact) mass is 355 g/mol. The molecule has 2 heterocycles. The molecule has 0 aliphatic heterocycles. The Kier molecular flexibility index (Phi) is 4.24. The molecule has 0 spiro atoms. The zero-order chi connectivity index (χ0) is 18.1. The Balaban J connectivity index is 1.51. The number of aromatic nitrogens is 4. The lowest BCUT2D eigenvalue weighted by atomic mass is 9.97. The Morgan fingerprint density at radius 3 is 2.77 bits per heavy atom. The average molecular weight is 355 g/mol. The Labute approximate surface area is 148 Å². The molecule has 0 atom stereocenters. The minimum absolute atomic E-state index is 0.170. The molecule has 1 aliphatic rings. The summed E-state index contributed by atoms with van der Waals surface area (Å²) in [6.07, 6.45) is 5.28. The van der Waals surface area contributed by atoms with E-state index in [1.165, 1.54) is 23.0 Å². The number of fused-ring (bicyclic) bond motifs is 3. The summed E-state index contributed by atoms with van der Waals surface area (Å²) in [5.41, 5.74) is 2.92. The second-order valence-electron chi connectivity index (χ2n) is 6.42. The van der Waals surface area contributed by atoms with Crippen LogP contribution in [-0.2, 0) is 30.7 Å². The van der Waals surface area contributed by atoms with Gasteiger partial charge in [0.25, 0.3) is 5.56 Å². The van der Waals surface area contributed by atoms with Crippen molar-refractivity contribution in [1.29, 1.82) is 0 Å². The molecule has 134 valence electrons. The molecule has 0 radical (unpaired) electrons. The van der Waals surface area contributed by atoms with E-state index >= 15 is 0 Å². The highest BCUT2D eigenvalue weighted by molar-refractivity contribution is 5.75. The maximum Gasteiger partial charge on any atom is 0.293 e. The van der Waals surface area contributed by atoms with Crippen molar-refractivity contribution >= 4 is 11.4 Å². The van der Waals surface area contributed by atoms with Gasteiger partial charge in [0.2, 0.25) is 5.91 Å². The molecular formula is C18H18FN5O2. The summed E-state index contributed by atoms with van der Waals surface area (Å²) in [5, 5.41) is 11.2. The molecule has 1 amide bonds. The lowest BCUT2D eigenvalue weighted by Gasteiger charge is -2.09. The first-order valence-corrected chi connectivity index (χ1v) is 8.59. The standard InChI is InChI=1S/C18H18FN5O2/c19-13-7-5-12(6-8-13)9-20-16(25)10-23-18(26)17-14-3-1-2-4-15(14)22-24(17)11-21-23/h5-8,11H,1-4,9-10H2,(H,20,25). The van der Waals surface area contributed by atoms with Crippen LogP contribution < -0.4 is 10.9 Å². The predicted octanol–water partition coefficient (Wildman–Crippen LogP) is 1.23. The first-order valence-electron chi connectivity index (χ1n) is 8.59. The summed E-state index contributed by atoms with van der Waals surface area (Å²) in [6, 6.07) is 5.88. The number of hydrogen-bond acceptors (Lipinski definition) is 4. The molecule has 0 unspecified atom stereocenters. The molecule has 26 heavy (non-hydrogen) atoms. The lowest BCUT2D eigenvalue weighted by molar-refractivity contribution is -0.122. The first-order chi connectivity index (χ1) is 12.6. The van der Waals surface area contributed by atoms with Crippen molar-refractivity contribution < 1.29 is 9.18 Å². The highest BCUT2D eigenvalue weighted by Gasteiger charge is 2.20. The van der Waals surface area contributed by atoms with E-state index in [-0.39, 0.29) is 30.4 Å². The van der Waals surface area contributed by atoms with Gasteiger partial charge in [-0.3, -0.25) is 9.59 Å². The Morgan fingerprint density at radius 1 is 1.19 bits per heavy atom. The quantitative estimate of drug-likeness (QED) is 0.763. The minimum Gasteiger partial charge on any atom is -0.350 e. The van der Waals surface area contributed by atoms with E-state index in [1.807, 2.05) is 0 Å². The highest BCUT2D eigenvalue weighted by Crippen LogP contribution is 2.22. The molecule has 1 aliphatic carbocycles. The second-order valence-corrected chi connectivity index (χ2v) is 6.42. The van der Waals surface area contributed by atoms with Crippen LogP contribution in [0.2, 0.25) is 0 Å². The SMILES string of the molecule is O=C(Cn1ncn2nc3c(c2c1=O)CCCC3)NCc1ccc(F)cc1. The molecule has 7 nitrogen and oxygen atoms in total. The van der Waals surface area contributed by atoms with Crippen molar-refractivity contribution in [1.82, 2.24) is 24.7 Å². The molecule has 8 heteroatoms. The van der Waals surface area contributed by atoms with Gasteiger partial charge in [-0.05, 0) is 43.4 Å². The lowest BCUT2D eigenvalue weighted by Crippen LogP contribution is -2.34. The van der Waals surface area contributed by atoms with Crippen LogP contribution in [0, 0.1) is 5.82 Å². The summed E-state index contributed by atoms with van der Waals surface area (Å²) >= 11 is 0. The number of nitrogens with one attached hydrogen (secondary N) is 1. The van der Waals surface area contributed by atoms with Gasteiger partial charge in [0.15, 0.2) is 0 Å². The van der Waals surface area contributed by atoms with Crippen LogP contribution in [0.4, 0.5) is 4.39 Å². The number of aryl methyl sites for hydroxylation is 2. The smallest absolute Gasteiger partial charge is 0.293 e. The van der Waals surface area contributed by atoms with Crippen molar-refractivity contribution in [3.8, 4) is 0 Å². The second kappa shape index (κ2) is 6.70. The van der Waals surface area contributed by atoms with Crippen molar-refractivity contribution in [3.05, 3.63) is 63.6 Å². The van der Waals surface area contributed by atoms with E-state index in [9.17, 15) is 14.0 Å². The largest absolute Gasteiger partial charge is 0.350 e. The molecule has 0 saturated carbocycles. The summed E-state index contributed by atoms with van der Waals surface area (Å²) in [4.78, 5) is 24.9. The average Bonchev–Trinajstić information content (AvgIpc) is 3.03. The number of benzene rings is 1. The van der Waals surface area contributed by atoms with Crippen LogP contribution in [0.1, 0.15) is 29.7 Å². The number of amides is 1. The third kappa shape index (κ3) is 3.10. The van der Waals surface area contributed by atoms with Gasteiger partial charge in [0, 0.05) is 12.1 Å². The van der Waals surface area contributed by atoms with Crippen LogP contribution in [0.15, 0.2) is 35.4 Å². The topological polar surface area (TPSA) is 81.3 Å². The molecule has 1 aromatic carbocycles. The highest BCUT2D eigenvalue weighted by atomic mass is 19.1. The summed E-state index contributed by atoms with van der Waals surface area (Å²) in [7, 11) is 0. The van der Waals surface area contributed by atoms with E-state index in [1.54, 1.807) is 12.1 Å². The molecular weight excluding hydrogens is 337 g/mol. The predicted molar refractivity (Wildman–Crippen MR) is 92.1 cm³/mol. The number of carbonyl (C=O) groups is 1. The minimum atomic E-state index is -0.332. The molecule has 2 aromatic heterocycles. The molecule has 0 bridgehead atoms. The maximum absolute atomic E-state index is 12.9. The number of halogens is 1. The summed E-state index contributed by atoms with van der Waals surface area (Å²) in [5.74, 6) is -0.657. The molecule has 0 saturated heterocycles. The molecule has 3 aromatic rings.